The van der Waals surface area contributed by atoms with Crippen LogP contribution in [0.4, 0.5) is 0 Å². The summed E-state index contributed by atoms with van der Waals surface area (Å²) in [5.74, 6) is 1.13. The molecule has 1 unspecified atom stereocenters. The van der Waals surface area contributed by atoms with Crippen LogP contribution in [0, 0.1) is 5.41 Å². The molecule has 2 heteroatoms. The highest BCUT2D eigenvalue weighted by Gasteiger charge is 2.25. The zero-order valence-electron chi connectivity index (χ0n) is 15.9. The van der Waals surface area contributed by atoms with Crippen molar-refractivity contribution in [2.45, 2.75) is 72.3 Å². The Morgan fingerprint density at radius 3 is 2.29 bits per heavy atom. The first-order chi connectivity index (χ1) is 11.1. The summed E-state index contributed by atoms with van der Waals surface area (Å²) in [4.78, 5) is 0. The Morgan fingerprint density at radius 1 is 1.08 bits per heavy atom. The Morgan fingerprint density at radius 2 is 1.71 bits per heavy atom. The van der Waals surface area contributed by atoms with Gasteiger partial charge in [0, 0.05) is 11.4 Å². The molecule has 1 atom stereocenters. The Labute approximate surface area is 152 Å². The summed E-state index contributed by atoms with van der Waals surface area (Å²) in [6.45, 7) is 13.4. The zero-order valence-corrected chi connectivity index (χ0v) is 16.7. The first-order valence-electron chi connectivity index (χ1n) is 8.90. The zero-order chi connectivity index (χ0) is 18.0. The molecule has 0 aliphatic heterocycles. The molecule has 2 rings (SSSR count). The van der Waals surface area contributed by atoms with Gasteiger partial charge in [-0.05, 0) is 59.9 Å². The van der Waals surface area contributed by atoms with Crippen LogP contribution in [0.1, 0.15) is 66.4 Å². The Balaban J connectivity index is 2.09. The van der Waals surface area contributed by atoms with Gasteiger partial charge in [-0.1, -0.05) is 64.4 Å². The molecule has 24 heavy (non-hydrogen) atoms. The van der Waals surface area contributed by atoms with E-state index in [-0.39, 0.29) is 16.9 Å². The third kappa shape index (κ3) is 5.14. The van der Waals surface area contributed by atoms with Crippen LogP contribution in [0.2, 0.25) is 5.02 Å². The molecule has 0 fully saturated rings. The minimum absolute atomic E-state index is 0.0744. The predicted molar refractivity (Wildman–Crippen MR) is 104 cm³/mol. The van der Waals surface area contributed by atoms with Crippen molar-refractivity contribution in [1.82, 2.24) is 0 Å². The number of rotatable bonds is 5. The molecule has 0 amide bonds. The summed E-state index contributed by atoms with van der Waals surface area (Å²) in [5, 5.41) is 0.790. The van der Waals surface area contributed by atoms with E-state index < -0.39 is 0 Å². The summed E-state index contributed by atoms with van der Waals surface area (Å²) in [5.41, 5.74) is 2.92. The fraction of sp³-hybridized carbons (Fsp3) is 0.545. The Bertz CT molecular complexity index is 614. The topological polar surface area (TPSA) is 9.23 Å². The van der Waals surface area contributed by atoms with Crippen LogP contribution in [-0.2, 0) is 10.2 Å². The molecule has 0 spiro atoms. The molecule has 0 N–H and O–H groups in total. The molecule has 0 heterocycles. The maximum Gasteiger partial charge on any atom is 0.100 e. The number of hydrogen-bond acceptors (Lipinski definition) is 1. The molecular weight excluding hydrogens is 316 g/mol. The van der Waals surface area contributed by atoms with E-state index in [0.717, 1.165) is 30.0 Å². The molecule has 0 saturated heterocycles. The molecule has 1 aromatic rings. The predicted octanol–water partition coefficient (Wildman–Crippen LogP) is 7.06. The summed E-state index contributed by atoms with van der Waals surface area (Å²) in [6, 6.07) is 8.22. The van der Waals surface area contributed by atoms with Crippen LogP contribution in [0.25, 0.3) is 0 Å². The molecule has 1 nitrogen and oxygen atoms in total. The molecule has 1 aliphatic carbocycles. The van der Waals surface area contributed by atoms with Gasteiger partial charge in [0.15, 0.2) is 0 Å². The number of halogens is 1. The van der Waals surface area contributed by atoms with Gasteiger partial charge in [-0.25, -0.2) is 0 Å². The van der Waals surface area contributed by atoms with E-state index >= 15 is 0 Å². The van der Waals surface area contributed by atoms with Crippen LogP contribution >= 0.6 is 11.6 Å². The highest BCUT2D eigenvalue weighted by Crippen LogP contribution is 2.35. The van der Waals surface area contributed by atoms with Gasteiger partial charge >= 0.3 is 0 Å². The van der Waals surface area contributed by atoms with Gasteiger partial charge in [-0.15, -0.1) is 0 Å². The van der Waals surface area contributed by atoms with Gasteiger partial charge in [0.1, 0.15) is 6.10 Å². The monoisotopic (exact) mass is 346 g/mol. The van der Waals surface area contributed by atoms with E-state index in [9.17, 15) is 0 Å². The minimum Gasteiger partial charge on any atom is -0.495 e. The van der Waals surface area contributed by atoms with Crippen LogP contribution in [-0.4, -0.2) is 6.10 Å². The third-order valence-electron chi connectivity index (χ3n) is 4.96. The van der Waals surface area contributed by atoms with Crippen LogP contribution in [0.5, 0.6) is 0 Å². The Hall–Kier alpha value is -1.21. The fourth-order valence-electron chi connectivity index (χ4n) is 2.87. The summed E-state index contributed by atoms with van der Waals surface area (Å²) in [7, 11) is 0. The van der Waals surface area contributed by atoms with Crippen molar-refractivity contribution >= 4 is 11.6 Å². The average molecular weight is 347 g/mol. The lowest BCUT2D eigenvalue weighted by Crippen LogP contribution is -2.26. The number of benzene rings is 1. The van der Waals surface area contributed by atoms with Gasteiger partial charge in [-0.2, -0.15) is 0 Å². The first kappa shape index (κ1) is 19.1. The van der Waals surface area contributed by atoms with E-state index in [1.54, 1.807) is 0 Å². The second kappa shape index (κ2) is 7.35. The SMILES string of the molecule is CC(OC1=CC(CC(C)(C)c2ccc(Cl)cc2)=CCC1)C(C)(C)C. The fourth-order valence-corrected chi connectivity index (χ4v) is 3.00. The standard InChI is InChI=1S/C22H31ClO/c1-16(21(2,3)4)24-20-9-7-8-17(14-20)15-22(5,6)18-10-12-19(23)13-11-18/h8,10-14,16H,7,9,15H2,1-6H3. The van der Waals surface area contributed by atoms with Crippen molar-refractivity contribution in [2.75, 3.05) is 0 Å². The maximum atomic E-state index is 6.22. The lowest BCUT2D eigenvalue weighted by atomic mass is 9.78. The maximum absolute atomic E-state index is 6.22. The molecule has 0 radical (unpaired) electrons. The minimum atomic E-state index is 0.0744. The van der Waals surface area contributed by atoms with E-state index in [4.69, 9.17) is 16.3 Å². The van der Waals surface area contributed by atoms with Gasteiger partial charge < -0.3 is 4.74 Å². The molecule has 1 aromatic carbocycles. The van der Waals surface area contributed by atoms with Crippen LogP contribution in [0.3, 0.4) is 0 Å². The van der Waals surface area contributed by atoms with E-state index in [1.807, 2.05) is 12.1 Å². The average Bonchev–Trinajstić information content (AvgIpc) is 2.46. The van der Waals surface area contributed by atoms with Crippen molar-refractivity contribution < 1.29 is 4.74 Å². The van der Waals surface area contributed by atoms with Gasteiger partial charge in [0.25, 0.3) is 0 Å². The molecule has 0 saturated carbocycles. The molecule has 132 valence electrons. The smallest absolute Gasteiger partial charge is 0.100 e. The molecular formula is C22H31ClO. The van der Waals surface area contributed by atoms with Gasteiger partial charge in [0.05, 0.1) is 5.76 Å². The third-order valence-corrected chi connectivity index (χ3v) is 5.22. The van der Waals surface area contributed by atoms with E-state index in [2.05, 4.69) is 65.8 Å². The van der Waals surface area contributed by atoms with Crippen molar-refractivity contribution in [3.63, 3.8) is 0 Å². The number of hydrogen-bond donors (Lipinski definition) is 0. The lowest BCUT2D eigenvalue weighted by molar-refractivity contribution is 0.0370. The van der Waals surface area contributed by atoms with Gasteiger partial charge in [-0.3, -0.25) is 0 Å². The van der Waals surface area contributed by atoms with Crippen molar-refractivity contribution in [2.24, 2.45) is 5.41 Å². The van der Waals surface area contributed by atoms with E-state index in [0.29, 0.717) is 0 Å². The Kier molecular flexibility index (Phi) is 5.86. The lowest BCUT2D eigenvalue weighted by Gasteiger charge is -2.31. The molecule has 1 aliphatic rings. The number of allylic oxidation sites excluding steroid dienone is 4. The second-order valence-corrected chi connectivity index (χ2v) is 9.06. The number of ether oxygens (including phenoxy) is 1. The highest BCUT2D eigenvalue weighted by molar-refractivity contribution is 6.30. The molecule has 0 bridgehead atoms. The first-order valence-corrected chi connectivity index (χ1v) is 9.28. The van der Waals surface area contributed by atoms with Crippen LogP contribution in [0.15, 0.2) is 47.7 Å². The largest absolute Gasteiger partial charge is 0.495 e. The second-order valence-electron chi connectivity index (χ2n) is 8.62. The van der Waals surface area contributed by atoms with Crippen LogP contribution < -0.4 is 0 Å². The normalized spacial score (nSPS) is 17.1. The highest BCUT2D eigenvalue weighted by atomic mass is 35.5. The summed E-state index contributed by atoms with van der Waals surface area (Å²) in [6.07, 6.45) is 7.90. The van der Waals surface area contributed by atoms with Crippen molar-refractivity contribution in [3.05, 3.63) is 58.3 Å². The summed E-state index contributed by atoms with van der Waals surface area (Å²) < 4.78 is 6.22. The quantitative estimate of drug-likeness (QED) is 0.554. The van der Waals surface area contributed by atoms with Crippen molar-refractivity contribution in [1.29, 1.82) is 0 Å². The summed E-state index contributed by atoms with van der Waals surface area (Å²) >= 11 is 6.02. The van der Waals surface area contributed by atoms with E-state index in [1.165, 1.54) is 11.1 Å². The van der Waals surface area contributed by atoms with Gasteiger partial charge in [0.2, 0.25) is 0 Å². The molecule has 0 aromatic heterocycles. The van der Waals surface area contributed by atoms with Crippen molar-refractivity contribution in [3.8, 4) is 0 Å².